The molecular formula is C25H35N5O. The second-order valence-corrected chi connectivity index (χ2v) is 10.7. The Labute approximate surface area is 185 Å². The van der Waals surface area contributed by atoms with Gasteiger partial charge < -0.3 is 9.64 Å². The van der Waals surface area contributed by atoms with E-state index in [0.717, 1.165) is 40.9 Å². The van der Waals surface area contributed by atoms with E-state index in [1.54, 1.807) is 0 Å². The number of hydrogen-bond acceptors (Lipinski definition) is 5. The van der Waals surface area contributed by atoms with Gasteiger partial charge in [0, 0.05) is 31.3 Å². The van der Waals surface area contributed by atoms with Gasteiger partial charge in [-0.25, -0.2) is 0 Å². The van der Waals surface area contributed by atoms with Crippen LogP contribution in [0.5, 0.6) is 0 Å². The van der Waals surface area contributed by atoms with Crippen LogP contribution in [0.1, 0.15) is 56.3 Å². The molecule has 0 amide bonds. The van der Waals surface area contributed by atoms with Crippen molar-refractivity contribution in [2.75, 3.05) is 19.6 Å². The van der Waals surface area contributed by atoms with Crippen molar-refractivity contribution in [1.29, 1.82) is 0 Å². The molecule has 0 radical (unpaired) electrons. The number of nitrogens with zero attached hydrogens (tertiary/aromatic N) is 5. The number of aryl methyl sites for hydroxylation is 3. The molecule has 6 nitrogen and oxygen atoms in total. The van der Waals surface area contributed by atoms with E-state index in [2.05, 4.69) is 32.3 Å². The summed E-state index contributed by atoms with van der Waals surface area (Å²) >= 11 is 0. The smallest absolute Gasteiger partial charge is 0.0964 e. The van der Waals surface area contributed by atoms with Crippen molar-refractivity contribution in [2.24, 2.45) is 24.3 Å². The average Bonchev–Trinajstić information content (AvgIpc) is 3.11. The maximum Gasteiger partial charge on any atom is 0.0964 e. The minimum atomic E-state index is 0.573. The van der Waals surface area contributed by atoms with Crippen molar-refractivity contribution < 1.29 is 4.74 Å². The molecule has 2 aromatic rings. The van der Waals surface area contributed by atoms with Gasteiger partial charge in [0.05, 0.1) is 29.3 Å². The lowest BCUT2D eigenvalue weighted by Crippen LogP contribution is -2.40. The zero-order chi connectivity index (χ0) is 21.0. The summed E-state index contributed by atoms with van der Waals surface area (Å²) in [5.41, 5.74) is 4.77. The number of aromatic nitrogens is 4. The average molecular weight is 422 g/mol. The lowest BCUT2D eigenvalue weighted by Gasteiger charge is -2.35. The van der Waals surface area contributed by atoms with Crippen molar-refractivity contribution in [1.82, 2.24) is 24.9 Å². The zero-order valence-electron chi connectivity index (χ0n) is 19.0. The lowest BCUT2D eigenvalue weighted by molar-refractivity contribution is 0.0759. The fourth-order valence-electron chi connectivity index (χ4n) is 6.71. The summed E-state index contributed by atoms with van der Waals surface area (Å²) in [5.74, 6) is 1.70. The van der Waals surface area contributed by atoms with Crippen molar-refractivity contribution in [3.63, 3.8) is 0 Å². The van der Waals surface area contributed by atoms with Gasteiger partial charge in [-0.2, -0.15) is 15.3 Å². The van der Waals surface area contributed by atoms with Crippen LogP contribution in [0.3, 0.4) is 0 Å². The third kappa shape index (κ3) is 3.82. The maximum absolute atomic E-state index is 6.07. The molecule has 0 aromatic carbocycles. The van der Waals surface area contributed by atoms with Gasteiger partial charge in [-0.1, -0.05) is 0 Å². The van der Waals surface area contributed by atoms with E-state index in [-0.39, 0.29) is 0 Å². The maximum atomic E-state index is 6.07. The van der Waals surface area contributed by atoms with Crippen LogP contribution in [-0.2, 0) is 18.2 Å². The summed E-state index contributed by atoms with van der Waals surface area (Å²) in [5, 5.41) is 13.4. The minimum absolute atomic E-state index is 0.573. The molecule has 1 saturated carbocycles. The van der Waals surface area contributed by atoms with Gasteiger partial charge in [-0.05, 0) is 94.8 Å². The predicted octanol–water partition coefficient (Wildman–Crippen LogP) is 3.79. The second kappa shape index (κ2) is 7.66. The van der Waals surface area contributed by atoms with Crippen LogP contribution in [0.25, 0.3) is 11.3 Å². The molecular weight excluding hydrogens is 386 g/mol. The molecule has 4 aliphatic rings. The monoisotopic (exact) mass is 421 g/mol. The van der Waals surface area contributed by atoms with E-state index in [9.17, 15) is 0 Å². The molecule has 3 aliphatic heterocycles. The van der Waals surface area contributed by atoms with E-state index in [1.165, 1.54) is 64.6 Å². The van der Waals surface area contributed by atoms with Crippen LogP contribution < -0.4 is 0 Å². The molecule has 4 fully saturated rings. The van der Waals surface area contributed by atoms with Gasteiger partial charge in [0.2, 0.25) is 0 Å². The minimum Gasteiger partial charge on any atom is -0.375 e. The lowest BCUT2D eigenvalue weighted by atomic mass is 9.86. The Bertz CT molecular complexity index is 930. The molecule has 166 valence electrons. The molecule has 4 atom stereocenters. The van der Waals surface area contributed by atoms with Crippen LogP contribution in [0.15, 0.2) is 18.3 Å². The van der Waals surface area contributed by atoms with Crippen LogP contribution in [0.4, 0.5) is 0 Å². The first kappa shape index (κ1) is 19.9. The summed E-state index contributed by atoms with van der Waals surface area (Å²) in [6.07, 6.45) is 13.6. The first-order valence-corrected chi connectivity index (χ1v) is 12.3. The molecule has 6 rings (SSSR count). The molecule has 2 aromatic heterocycles. The van der Waals surface area contributed by atoms with Crippen molar-refractivity contribution in [2.45, 2.75) is 70.5 Å². The second-order valence-electron chi connectivity index (χ2n) is 10.7. The predicted molar refractivity (Wildman–Crippen MR) is 120 cm³/mol. The third-order valence-electron chi connectivity index (χ3n) is 8.69. The van der Waals surface area contributed by atoms with Crippen LogP contribution in [0, 0.1) is 24.2 Å². The first-order valence-electron chi connectivity index (χ1n) is 12.3. The summed E-state index contributed by atoms with van der Waals surface area (Å²) < 4.78 is 7.91. The van der Waals surface area contributed by atoms with Gasteiger partial charge in [-0.3, -0.25) is 4.68 Å². The number of rotatable bonds is 6. The van der Waals surface area contributed by atoms with Crippen LogP contribution in [-0.4, -0.2) is 56.7 Å². The standard InChI is InChI=1S/C25H35N5O/c1-17-22(16-29(2)28-17)23-7-5-20(26-27-23)4-3-19-14-25(19)9-11-30(12-10-25)15-18-13-21-6-8-24(18)31-21/h5,7,16,18-19,21,24H,3-4,6,8-15H2,1-2H3/t18-,19?,21+,24-/m1/s1. The van der Waals surface area contributed by atoms with Gasteiger partial charge >= 0.3 is 0 Å². The van der Waals surface area contributed by atoms with Crippen LogP contribution >= 0.6 is 0 Å². The number of hydrogen-bond donors (Lipinski definition) is 0. The van der Waals surface area contributed by atoms with Gasteiger partial charge in [-0.15, -0.1) is 0 Å². The summed E-state index contributed by atoms with van der Waals surface area (Å²) in [6, 6.07) is 4.26. The van der Waals surface area contributed by atoms with Crippen LogP contribution in [0.2, 0.25) is 0 Å². The van der Waals surface area contributed by atoms with Crippen molar-refractivity contribution >= 4 is 0 Å². The van der Waals surface area contributed by atoms with E-state index in [4.69, 9.17) is 4.74 Å². The fourth-order valence-corrected chi connectivity index (χ4v) is 6.71. The molecule has 31 heavy (non-hydrogen) atoms. The van der Waals surface area contributed by atoms with Gasteiger partial charge in [0.1, 0.15) is 0 Å². The highest BCUT2D eigenvalue weighted by Gasteiger charge is 2.54. The van der Waals surface area contributed by atoms with E-state index in [0.29, 0.717) is 17.6 Å². The van der Waals surface area contributed by atoms with Gasteiger partial charge in [0.15, 0.2) is 0 Å². The fraction of sp³-hybridized carbons (Fsp3) is 0.720. The van der Waals surface area contributed by atoms with Crippen molar-refractivity contribution in [3.05, 3.63) is 29.7 Å². The van der Waals surface area contributed by atoms with E-state index >= 15 is 0 Å². The molecule has 6 heteroatoms. The van der Waals surface area contributed by atoms with E-state index in [1.807, 2.05) is 24.9 Å². The molecule has 1 spiro atoms. The summed E-state index contributed by atoms with van der Waals surface area (Å²) in [7, 11) is 1.95. The third-order valence-corrected chi connectivity index (χ3v) is 8.69. The molecule has 0 N–H and O–H groups in total. The Kier molecular flexibility index (Phi) is 4.91. The quantitative estimate of drug-likeness (QED) is 0.710. The number of ether oxygens (including phenoxy) is 1. The summed E-state index contributed by atoms with van der Waals surface area (Å²) in [6.45, 7) is 5.89. The molecule has 1 aliphatic carbocycles. The van der Waals surface area contributed by atoms with Gasteiger partial charge in [0.25, 0.3) is 0 Å². The molecule has 5 heterocycles. The Balaban J connectivity index is 0.973. The normalized spacial score (nSPS) is 31.5. The largest absolute Gasteiger partial charge is 0.375 e. The topological polar surface area (TPSA) is 56.1 Å². The number of piperidine rings is 1. The molecule has 2 bridgehead atoms. The summed E-state index contributed by atoms with van der Waals surface area (Å²) in [4.78, 5) is 2.74. The Morgan fingerprint density at radius 2 is 2.03 bits per heavy atom. The van der Waals surface area contributed by atoms with Crippen molar-refractivity contribution in [3.8, 4) is 11.3 Å². The molecule has 1 unspecified atom stereocenters. The SMILES string of the molecule is Cc1nn(C)cc1-c1ccc(CCC2CC23CCN(C[C@H]2C[C@@H]4CC[C@H]2O4)CC3)nn1. The Morgan fingerprint density at radius 3 is 2.68 bits per heavy atom. The Morgan fingerprint density at radius 1 is 1.16 bits per heavy atom. The molecule has 3 saturated heterocycles. The van der Waals surface area contributed by atoms with E-state index < -0.39 is 0 Å². The zero-order valence-corrected chi connectivity index (χ0v) is 19.0. The highest BCUT2D eigenvalue weighted by molar-refractivity contribution is 5.60. The first-order chi connectivity index (χ1) is 15.1. The number of fused-ring (bicyclic) bond motifs is 2. The highest BCUT2D eigenvalue weighted by atomic mass is 16.5. The Hall–Kier alpha value is -1.79. The number of likely N-dealkylation sites (tertiary alicyclic amines) is 1. The highest BCUT2D eigenvalue weighted by Crippen LogP contribution is 2.61.